The molecule has 0 spiro atoms. The maximum atomic E-state index is 12.7. The molecule has 2 aromatic rings. The van der Waals surface area contributed by atoms with E-state index in [0.717, 1.165) is 12.1 Å². The molecule has 0 bridgehead atoms. The second kappa shape index (κ2) is 4.93. The predicted octanol–water partition coefficient (Wildman–Crippen LogP) is 4.39. The zero-order valence-corrected chi connectivity index (χ0v) is 11.2. The predicted molar refractivity (Wildman–Crippen MR) is 65.8 cm³/mol. The smallest absolute Gasteiger partial charge is 0.241 e. The van der Waals surface area contributed by atoms with Crippen LogP contribution in [0.5, 0.6) is 0 Å². The van der Waals surface area contributed by atoms with E-state index >= 15 is 0 Å². The Morgan fingerprint density at radius 1 is 1.28 bits per heavy atom. The molecule has 0 fully saturated rings. The van der Waals surface area contributed by atoms with Crippen LogP contribution in [0.15, 0.2) is 34.9 Å². The van der Waals surface area contributed by atoms with Gasteiger partial charge in [0.1, 0.15) is 0 Å². The number of halogens is 5. The summed E-state index contributed by atoms with van der Waals surface area (Å²) in [4.78, 5) is 0. The van der Waals surface area contributed by atoms with Gasteiger partial charge in [0.25, 0.3) is 0 Å². The fourth-order valence-electron chi connectivity index (χ4n) is 1.45. The van der Waals surface area contributed by atoms with Gasteiger partial charge in [-0.15, -0.1) is 11.6 Å². The normalized spacial score (nSPS) is 11.8. The van der Waals surface area contributed by atoms with Crippen molar-refractivity contribution in [3.05, 3.63) is 46.2 Å². The molecule has 0 saturated carbocycles. The first-order chi connectivity index (χ1) is 8.40. The van der Waals surface area contributed by atoms with E-state index < -0.39 is 11.7 Å². The molecule has 18 heavy (non-hydrogen) atoms. The number of alkyl halides is 4. The Morgan fingerprint density at radius 3 is 2.56 bits per heavy atom. The van der Waals surface area contributed by atoms with E-state index in [4.69, 9.17) is 11.6 Å². The molecule has 1 aromatic heterocycles. The first-order valence-corrected chi connectivity index (χ1v) is 6.21. The Morgan fingerprint density at radius 2 is 2.00 bits per heavy atom. The third-order valence-electron chi connectivity index (χ3n) is 2.26. The van der Waals surface area contributed by atoms with Crippen LogP contribution in [0.3, 0.4) is 0 Å². The van der Waals surface area contributed by atoms with Crippen LogP contribution in [0.2, 0.25) is 0 Å². The Bertz CT molecular complexity index is 566. The molecule has 0 unspecified atom stereocenters. The zero-order valence-electron chi connectivity index (χ0n) is 8.88. The third-order valence-corrected chi connectivity index (χ3v) is 2.99. The molecule has 0 aliphatic rings. The Hall–Kier alpha value is -1.01. The molecule has 1 aromatic carbocycles. The van der Waals surface area contributed by atoms with E-state index in [1.54, 1.807) is 18.3 Å². The first kappa shape index (κ1) is 13.4. The minimum atomic E-state index is -4.39. The fraction of sp³-hybridized carbons (Fsp3) is 0.182. The summed E-state index contributed by atoms with van der Waals surface area (Å²) in [6.07, 6.45) is -2.82. The van der Waals surface area contributed by atoms with E-state index in [0.29, 0.717) is 15.9 Å². The molecule has 0 atom stereocenters. The van der Waals surface area contributed by atoms with E-state index in [-0.39, 0.29) is 5.88 Å². The van der Waals surface area contributed by atoms with Crippen LogP contribution in [-0.2, 0) is 12.1 Å². The van der Waals surface area contributed by atoms with Crippen molar-refractivity contribution >= 4 is 27.5 Å². The van der Waals surface area contributed by atoms with Crippen molar-refractivity contribution in [2.45, 2.75) is 12.1 Å². The number of hydrogen-bond acceptors (Lipinski definition) is 1. The highest BCUT2D eigenvalue weighted by Gasteiger charge is 2.31. The monoisotopic (exact) mass is 338 g/mol. The quantitative estimate of drug-likeness (QED) is 0.742. The summed E-state index contributed by atoms with van der Waals surface area (Å²) < 4.78 is 39.7. The maximum absolute atomic E-state index is 12.7. The summed E-state index contributed by atoms with van der Waals surface area (Å²) in [6, 6.07) is 5.27. The summed E-state index contributed by atoms with van der Waals surface area (Å²) in [5.41, 5.74) is 0.202. The average Bonchev–Trinajstić information content (AvgIpc) is 2.75. The lowest BCUT2D eigenvalue weighted by Gasteiger charge is -2.10. The van der Waals surface area contributed by atoms with Crippen LogP contribution in [0, 0.1) is 0 Å². The lowest BCUT2D eigenvalue weighted by atomic mass is 10.2. The van der Waals surface area contributed by atoms with Gasteiger partial charge in [0.15, 0.2) is 0 Å². The SMILES string of the molecule is FC(F)(F)c1cc(Br)cc(-n2ccc(CCl)n2)c1. The van der Waals surface area contributed by atoms with Gasteiger partial charge in [-0.05, 0) is 24.3 Å². The van der Waals surface area contributed by atoms with Crippen molar-refractivity contribution < 1.29 is 13.2 Å². The van der Waals surface area contributed by atoms with Gasteiger partial charge in [-0.25, -0.2) is 4.68 Å². The molecule has 2 rings (SSSR count). The second-order valence-corrected chi connectivity index (χ2v) is 4.76. The highest BCUT2D eigenvalue weighted by molar-refractivity contribution is 9.10. The summed E-state index contributed by atoms with van der Waals surface area (Å²) in [6.45, 7) is 0. The van der Waals surface area contributed by atoms with Crippen LogP contribution in [0.4, 0.5) is 13.2 Å². The largest absolute Gasteiger partial charge is 0.416 e. The Labute approximate surface area is 114 Å². The van der Waals surface area contributed by atoms with Crippen molar-refractivity contribution in [2.24, 2.45) is 0 Å². The van der Waals surface area contributed by atoms with Crippen LogP contribution < -0.4 is 0 Å². The third kappa shape index (κ3) is 2.87. The van der Waals surface area contributed by atoms with E-state index in [1.165, 1.54) is 4.68 Å². The highest BCUT2D eigenvalue weighted by atomic mass is 79.9. The summed E-state index contributed by atoms with van der Waals surface area (Å²) in [5, 5.41) is 4.06. The van der Waals surface area contributed by atoms with E-state index in [1.807, 2.05) is 0 Å². The molecule has 0 radical (unpaired) electrons. The molecule has 96 valence electrons. The lowest BCUT2D eigenvalue weighted by molar-refractivity contribution is -0.137. The molecule has 0 aliphatic carbocycles. The first-order valence-electron chi connectivity index (χ1n) is 4.89. The number of aromatic nitrogens is 2. The minimum Gasteiger partial charge on any atom is -0.241 e. The summed E-state index contributed by atoms with van der Waals surface area (Å²) >= 11 is 8.66. The molecular weight excluding hydrogens is 332 g/mol. The summed E-state index contributed by atoms with van der Waals surface area (Å²) in [5.74, 6) is 0.215. The summed E-state index contributed by atoms with van der Waals surface area (Å²) in [7, 11) is 0. The van der Waals surface area contributed by atoms with Gasteiger partial charge in [-0.3, -0.25) is 0 Å². The van der Waals surface area contributed by atoms with Crippen molar-refractivity contribution in [1.82, 2.24) is 9.78 Å². The Kier molecular flexibility index (Phi) is 3.68. The molecule has 0 N–H and O–H groups in total. The van der Waals surface area contributed by atoms with E-state index in [2.05, 4.69) is 21.0 Å². The molecule has 0 saturated heterocycles. The van der Waals surface area contributed by atoms with Crippen molar-refractivity contribution in [3.8, 4) is 5.69 Å². The van der Waals surface area contributed by atoms with Crippen LogP contribution in [-0.4, -0.2) is 9.78 Å². The van der Waals surface area contributed by atoms with Crippen molar-refractivity contribution in [3.63, 3.8) is 0 Å². The van der Waals surface area contributed by atoms with Gasteiger partial charge in [-0.2, -0.15) is 18.3 Å². The van der Waals surface area contributed by atoms with Gasteiger partial charge in [0.2, 0.25) is 0 Å². The standard InChI is InChI=1S/C11H7BrClF3N2/c12-8-3-7(11(14,15)16)4-10(5-8)18-2-1-9(6-13)17-18/h1-5H,6H2. The Balaban J connectivity index is 2.48. The van der Waals surface area contributed by atoms with Gasteiger partial charge >= 0.3 is 6.18 Å². The van der Waals surface area contributed by atoms with Crippen molar-refractivity contribution in [1.29, 1.82) is 0 Å². The van der Waals surface area contributed by atoms with Crippen LogP contribution >= 0.6 is 27.5 Å². The molecule has 0 aliphatic heterocycles. The van der Waals surface area contributed by atoms with Crippen LogP contribution in [0.25, 0.3) is 5.69 Å². The number of benzene rings is 1. The average molecular weight is 340 g/mol. The zero-order chi connectivity index (χ0) is 13.3. The van der Waals surface area contributed by atoms with Gasteiger partial charge < -0.3 is 0 Å². The topological polar surface area (TPSA) is 17.8 Å². The van der Waals surface area contributed by atoms with Gasteiger partial charge in [0.05, 0.1) is 22.8 Å². The highest BCUT2D eigenvalue weighted by Crippen LogP contribution is 2.32. The van der Waals surface area contributed by atoms with Crippen LogP contribution in [0.1, 0.15) is 11.3 Å². The number of hydrogen-bond donors (Lipinski definition) is 0. The molecule has 1 heterocycles. The van der Waals surface area contributed by atoms with Gasteiger partial charge in [0, 0.05) is 10.7 Å². The maximum Gasteiger partial charge on any atom is 0.416 e. The molecule has 0 amide bonds. The number of rotatable bonds is 2. The lowest BCUT2D eigenvalue weighted by Crippen LogP contribution is -2.06. The van der Waals surface area contributed by atoms with Crippen molar-refractivity contribution in [2.75, 3.05) is 0 Å². The minimum absolute atomic E-state index is 0.215. The molecule has 2 nitrogen and oxygen atoms in total. The fourth-order valence-corrected chi connectivity index (χ4v) is 2.07. The second-order valence-electron chi connectivity index (χ2n) is 3.58. The molecule has 7 heteroatoms. The van der Waals surface area contributed by atoms with E-state index in [9.17, 15) is 13.2 Å². The number of nitrogens with zero attached hydrogens (tertiary/aromatic N) is 2. The molecular formula is C11H7BrClF3N2. The van der Waals surface area contributed by atoms with Gasteiger partial charge in [-0.1, -0.05) is 15.9 Å².